The number of carbonyl (C=O) groups excluding carboxylic acids is 1. The van der Waals surface area contributed by atoms with E-state index < -0.39 is 0 Å². The second-order valence-electron chi connectivity index (χ2n) is 8.49. The number of nitrogens with one attached hydrogen (secondary N) is 3. The number of rotatable bonds is 7. The van der Waals surface area contributed by atoms with Gasteiger partial charge in [0.05, 0.1) is 37.2 Å². The predicted octanol–water partition coefficient (Wildman–Crippen LogP) is 0.871. The molecule has 3 heterocycles. The van der Waals surface area contributed by atoms with Gasteiger partial charge in [0.25, 0.3) is 11.5 Å². The molecule has 0 spiro atoms. The van der Waals surface area contributed by atoms with Crippen molar-refractivity contribution < 1.29 is 23.9 Å². The number of nitrogens with zero attached hydrogens (tertiary/aromatic N) is 1. The number of carbonyl (C=O) groups is 1. The summed E-state index contributed by atoms with van der Waals surface area (Å²) in [4.78, 5) is 30.4. The summed E-state index contributed by atoms with van der Waals surface area (Å²) in [6, 6.07) is 10.6. The van der Waals surface area contributed by atoms with Crippen molar-refractivity contribution in [2.75, 3.05) is 46.2 Å². The van der Waals surface area contributed by atoms with Gasteiger partial charge in [-0.25, -0.2) is 0 Å². The first kappa shape index (κ1) is 22.6. The van der Waals surface area contributed by atoms with E-state index in [1.165, 1.54) is 9.47 Å². The Morgan fingerprint density at radius 2 is 1.94 bits per heavy atom. The van der Waals surface area contributed by atoms with Gasteiger partial charge in [-0.05, 0) is 48.1 Å². The summed E-state index contributed by atoms with van der Waals surface area (Å²) >= 11 is 5.46. The van der Waals surface area contributed by atoms with E-state index >= 15 is 0 Å². The minimum absolute atomic E-state index is 0.164. The van der Waals surface area contributed by atoms with Gasteiger partial charge in [-0.2, -0.15) is 0 Å². The van der Waals surface area contributed by atoms with Crippen LogP contribution in [-0.2, 0) is 11.3 Å². The molecule has 2 aliphatic rings. The van der Waals surface area contributed by atoms with Crippen molar-refractivity contribution in [1.29, 1.82) is 0 Å². The van der Waals surface area contributed by atoms with Crippen molar-refractivity contribution in [3.05, 3.63) is 62.6 Å². The van der Waals surface area contributed by atoms with Crippen molar-refractivity contribution in [2.45, 2.75) is 13.0 Å². The largest absolute Gasteiger partial charge is 0.454 e. The molecule has 2 aromatic carbocycles. The zero-order valence-electron chi connectivity index (χ0n) is 18.7. The van der Waals surface area contributed by atoms with Crippen LogP contribution in [0.4, 0.5) is 0 Å². The highest BCUT2D eigenvalue weighted by Crippen LogP contribution is 2.32. The zero-order valence-corrected chi connectivity index (χ0v) is 19.5. The van der Waals surface area contributed by atoms with Gasteiger partial charge in [0.15, 0.2) is 16.3 Å². The minimum atomic E-state index is -0.211. The van der Waals surface area contributed by atoms with E-state index in [-0.39, 0.29) is 18.3 Å². The van der Waals surface area contributed by atoms with E-state index in [1.54, 1.807) is 18.2 Å². The maximum Gasteiger partial charge on any atom is 0.262 e. The number of H-pyrrole nitrogens is 1. The molecule has 10 heteroatoms. The standard InChI is InChI=1S/C24H26N4O5S/c29-22(25-6-1-7-27-8-10-31-11-9-27)17-3-4-18-19(13-17)26-24(34)28(23(18)30)14-16-2-5-20-21(12-16)33-15-32-20/h2-5,12-13H,1,6-11,14-15H2,(H,25,29)(H,26,34)/p+1. The summed E-state index contributed by atoms with van der Waals surface area (Å²) < 4.78 is 17.9. The molecule has 1 saturated heterocycles. The molecule has 0 unspecified atom stereocenters. The molecule has 9 nitrogen and oxygen atoms in total. The Bertz CT molecular complexity index is 1330. The molecule has 1 amide bonds. The highest BCUT2D eigenvalue weighted by atomic mass is 32.1. The van der Waals surface area contributed by atoms with Crippen LogP contribution in [0, 0.1) is 4.77 Å². The molecular formula is C24H27N4O5S+. The molecule has 0 saturated carbocycles. The van der Waals surface area contributed by atoms with Gasteiger partial charge in [0.2, 0.25) is 6.79 Å². The van der Waals surface area contributed by atoms with Crippen LogP contribution in [-0.4, -0.2) is 61.6 Å². The molecule has 0 radical (unpaired) electrons. The van der Waals surface area contributed by atoms with Gasteiger partial charge in [0, 0.05) is 18.5 Å². The van der Waals surface area contributed by atoms with Crippen LogP contribution < -0.4 is 25.2 Å². The van der Waals surface area contributed by atoms with E-state index in [1.807, 2.05) is 18.2 Å². The predicted molar refractivity (Wildman–Crippen MR) is 128 cm³/mol. The molecule has 3 aromatic rings. The average molecular weight is 484 g/mol. The number of fused-ring (bicyclic) bond motifs is 2. The lowest BCUT2D eigenvalue weighted by molar-refractivity contribution is -0.908. The third-order valence-corrected chi connectivity index (χ3v) is 6.54. The monoisotopic (exact) mass is 483 g/mol. The lowest BCUT2D eigenvalue weighted by Gasteiger charge is -2.23. The molecule has 1 fully saturated rings. The number of aromatic amines is 1. The van der Waals surface area contributed by atoms with Crippen molar-refractivity contribution in [1.82, 2.24) is 14.9 Å². The average Bonchev–Trinajstić information content (AvgIpc) is 3.32. The van der Waals surface area contributed by atoms with Crippen LogP contribution in [0.3, 0.4) is 0 Å². The highest BCUT2D eigenvalue weighted by molar-refractivity contribution is 7.71. The Morgan fingerprint density at radius 1 is 1.12 bits per heavy atom. The van der Waals surface area contributed by atoms with Gasteiger partial charge >= 0.3 is 0 Å². The van der Waals surface area contributed by atoms with Gasteiger partial charge in [-0.1, -0.05) is 6.07 Å². The third kappa shape index (κ3) is 4.84. The molecule has 3 N–H and O–H groups in total. The Balaban J connectivity index is 1.27. The fourth-order valence-corrected chi connectivity index (χ4v) is 4.57. The zero-order chi connectivity index (χ0) is 23.5. The summed E-state index contributed by atoms with van der Waals surface area (Å²) in [5.74, 6) is 1.18. The van der Waals surface area contributed by atoms with Crippen molar-refractivity contribution in [3.8, 4) is 11.5 Å². The molecule has 1 aromatic heterocycles. The van der Waals surface area contributed by atoms with Crippen LogP contribution in [0.1, 0.15) is 22.3 Å². The van der Waals surface area contributed by atoms with Gasteiger partial charge in [-0.15, -0.1) is 0 Å². The molecule has 178 valence electrons. The summed E-state index contributed by atoms with van der Waals surface area (Å²) in [6.07, 6.45) is 0.904. The Labute approximate surface area is 201 Å². The van der Waals surface area contributed by atoms with Crippen LogP contribution in [0.2, 0.25) is 0 Å². The van der Waals surface area contributed by atoms with Gasteiger partial charge in [0.1, 0.15) is 13.1 Å². The number of hydrogen-bond donors (Lipinski definition) is 3. The van der Waals surface area contributed by atoms with E-state index in [4.69, 9.17) is 26.4 Å². The van der Waals surface area contributed by atoms with Crippen LogP contribution in [0.15, 0.2) is 41.2 Å². The second-order valence-corrected chi connectivity index (χ2v) is 8.88. The van der Waals surface area contributed by atoms with Crippen molar-refractivity contribution in [3.63, 3.8) is 0 Å². The molecule has 0 atom stereocenters. The Hall–Kier alpha value is -3.21. The highest BCUT2D eigenvalue weighted by Gasteiger charge is 2.16. The SMILES string of the molecule is O=C(NCCC[NH+]1CCOCC1)c1ccc2c(=O)n(Cc3ccc4c(c3)OCO4)c(=S)[nH]c2c1. The lowest BCUT2D eigenvalue weighted by atomic mass is 10.1. The van der Waals surface area contributed by atoms with E-state index in [0.29, 0.717) is 45.8 Å². The molecule has 5 rings (SSSR count). The topological polar surface area (TPSA) is 99.0 Å². The van der Waals surface area contributed by atoms with E-state index in [2.05, 4.69) is 10.3 Å². The van der Waals surface area contributed by atoms with E-state index in [0.717, 1.165) is 44.8 Å². The lowest BCUT2D eigenvalue weighted by Crippen LogP contribution is -3.14. The Morgan fingerprint density at radius 3 is 2.79 bits per heavy atom. The summed E-state index contributed by atoms with van der Waals surface area (Å²) in [6.45, 7) is 5.75. The summed E-state index contributed by atoms with van der Waals surface area (Å²) in [7, 11) is 0. The number of aromatic nitrogens is 2. The van der Waals surface area contributed by atoms with Crippen LogP contribution >= 0.6 is 12.2 Å². The molecule has 2 aliphatic heterocycles. The normalized spacial score (nSPS) is 15.5. The molecule has 0 bridgehead atoms. The van der Waals surface area contributed by atoms with Crippen LogP contribution in [0.25, 0.3) is 10.9 Å². The second kappa shape index (κ2) is 9.96. The minimum Gasteiger partial charge on any atom is -0.454 e. The molecule has 0 aliphatic carbocycles. The number of hydrogen-bond acceptors (Lipinski definition) is 6. The van der Waals surface area contributed by atoms with Crippen LogP contribution in [0.5, 0.6) is 11.5 Å². The van der Waals surface area contributed by atoms with Gasteiger partial charge < -0.3 is 29.4 Å². The van der Waals surface area contributed by atoms with Crippen molar-refractivity contribution >= 4 is 29.0 Å². The number of ether oxygens (including phenoxy) is 3. The fourth-order valence-electron chi connectivity index (χ4n) is 4.31. The number of morpholine rings is 1. The molecule has 34 heavy (non-hydrogen) atoms. The maximum absolute atomic E-state index is 13.1. The summed E-state index contributed by atoms with van der Waals surface area (Å²) in [5.41, 5.74) is 1.70. The first-order valence-corrected chi connectivity index (χ1v) is 11.8. The fraction of sp³-hybridized carbons (Fsp3) is 0.375. The number of benzene rings is 2. The van der Waals surface area contributed by atoms with Gasteiger partial charge in [-0.3, -0.25) is 14.2 Å². The third-order valence-electron chi connectivity index (χ3n) is 6.21. The number of quaternary nitrogens is 1. The first-order valence-electron chi connectivity index (χ1n) is 11.4. The Kier molecular flexibility index (Phi) is 6.61. The van der Waals surface area contributed by atoms with Crippen molar-refractivity contribution in [2.24, 2.45) is 0 Å². The smallest absolute Gasteiger partial charge is 0.262 e. The number of amides is 1. The molecular weight excluding hydrogens is 456 g/mol. The maximum atomic E-state index is 13.1. The van der Waals surface area contributed by atoms with E-state index in [9.17, 15) is 9.59 Å². The first-order chi connectivity index (χ1) is 16.6. The quantitative estimate of drug-likeness (QED) is 0.341. The summed E-state index contributed by atoms with van der Waals surface area (Å²) in [5, 5.41) is 3.44.